The Morgan fingerprint density at radius 1 is 1.00 bits per heavy atom. The molecule has 1 saturated heterocycles. The highest BCUT2D eigenvalue weighted by Crippen LogP contribution is 2.26. The quantitative estimate of drug-likeness (QED) is 0.547. The van der Waals surface area contributed by atoms with Gasteiger partial charge in [0.1, 0.15) is 6.61 Å². The monoisotopic (exact) mass is 453 g/mol. The molecule has 168 valence electrons. The third kappa shape index (κ3) is 4.52. The Bertz CT molecular complexity index is 1270. The second kappa shape index (κ2) is 8.96. The van der Waals surface area contributed by atoms with Crippen LogP contribution in [0.2, 0.25) is 0 Å². The first-order valence-electron chi connectivity index (χ1n) is 10.7. The summed E-state index contributed by atoms with van der Waals surface area (Å²) in [5.74, 6) is -0.641. The summed E-state index contributed by atoms with van der Waals surface area (Å²) >= 11 is 0. The van der Waals surface area contributed by atoms with Gasteiger partial charge in [-0.1, -0.05) is 18.2 Å². The lowest BCUT2D eigenvalue weighted by molar-refractivity contribution is -0.151. The van der Waals surface area contributed by atoms with E-state index in [0.717, 1.165) is 27.9 Å². The minimum Gasteiger partial charge on any atom is -0.459 e. The summed E-state index contributed by atoms with van der Waals surface area (Å²) in [4.78, 5) is 22.0. The molecular formula is C24H27N3O4S. The SMILES string of the molecule is Cc1ccc(S(=O)(=O)N2CCC(C(=O)OCc3nc4ccccc4nc3C)CC2)cc1C. The molecule has 4 rings (SSSR count). The summed E-state index contributed by atoms with van der Waals surface area (Å²) in [7, 11) is -3.57. The molecule has 0 saturated carbocycles. The summed E-state index contributed by atoms with van der Waals surface area (Å²) < 4.78 is 32.9. The number of piperidine rings is 1. The van der Waals surface area contributed by atoms with Gasteiger partial charge in [0, 0.05) is 13.1 Å². The van der Waals surface area contributed by atoms with Crippen LogP contribution in [0.15, 0.2) is 47.4 Å². The number of aryl methyl sites for hydroxylation is 3. The summed E-state index contributed by atoms with van der Waals surface area (Å²) in [6.45, 7) is 6.35. The van der Waals surface area contributed by atoms with Crippen LogP contribution in [0.4, 0.5) is 0 Å². The van der Waals surface area contributed by atoms with E-state index in [1.54, 1.807) is 12.1 Å². The molecule has 7 nitrogen and oxygen atoms in total. The molecule has 2 heterocycles. The Morgan fingerprint density at radius 3 is 2.31 bits per heavy atom. The zero-order valence-corrected chi connectivity index (χ0v) is 19.4. The summed E-state index contributed by atoms with van der Waals surface area (Å²) in [5.41, 5.74) is 4.91. The van der Waals surface area contributed by atoms with Crippen molar-refractivity contribution in [2.24, 2.45) is 5.92 Å². The van der Waals surface area contributed by atoms with E-state index in [1.807, 2.05) is 51.1 Å². The highest BCUT2D eigenvalue weighted by molar-refractivity contribution is 7.89. The van der Waals surface area contributed by atoms with Gasteiger partial charge in [0.25, 0.3) is 0 Å². The minimum absolute atomic E-state index is 0.0592. The van der Waals surface area contributed by atoms with Crippen LogP contribution in [-0.4, -0.2) is 41.7 Å². The predicted octanol–water partition coefficient (Wildman–Crippen LogP) is 3.70. The van der Waals surface area contributed by atoms with E-state index < -0.39 is 10.0 Å². The number of hydrogen-bond acceptors (Lipinski definition) is 6. The zero-order chi connectivity index (χ0) is 22.9. The number of benzene rings is 2. The molecule has 32 heavy (non-hydrogen) atoms. The van der Waals surface area contributed by atoms with Gasteiger partial charge in [0.2, 0.25) is 10.0 Å². The molecule has 0 radical (unpaired) electrons. The lowest BCUT2D eigenvalue weighted by Crippen LogP contribution is -2.40. The first-order valence-corrected chi connectivity index (χ1v) is 12.2. The molecule has 1 aliphatic rings. The Balaban J connectivity index is 1.36. The molecule has 0 bridgehead atoms. The van der Waals surface area contributed by atoms with Crippen LogP contribution >= 0.6 is 0 Å². The van der Waals surface area contributed by atoms with Gasteiger partial charge in [0.05, 0.1) is 33.2 Å². The van der Waals surface area contributed by atoms with Crippen molar-refractivity contribution >= 4 is 27.0 Å². The number of rotatable bonds is 5. The second-order valence-corrected chi connectivity index (χ2v) is 10.2. The molecule has 0 spiro atoms. The van der Waals surface area contributed by atoms with Crippen molar-refractivity contribution in [3.05, 3.63) is 65.0 Å². The molecule has 1 fully saturated rings. The van der Waals surface area contributed by atoms with Crippen molar-refractivity contribution in [1.29, 1.82) is 0 Å². The number of nitrogens with zero attached hydrogens (tertiary/aromatic N) is 3. The molecule has 8 heteroatoms. The molecule has 3 aromatic rings. The van der Waals surface area contributed by atoms with Gasteiger partial charge >= 0.3 is 5.97 Å². The summed E-state index contributed by atoms with van der Waals surface area (Å²) in [5, 5.41) is 0. The fourth-order valence-corrected chi connectivity index (χ4v) is 5.43. The number of carbonyl (C=O) groups excluding carboxylic acids is 1. The lowest BCUT2D eigenvalue weighted by Gasteiger charge is -2.30. The minimum atomic E-state index is -3.57. The van der Waals surface area contributed by atoms with Crippen molar-refractivity contribution in [3.8, 4) is 0 Å². The van der Waals surface area contributed by atoms with Gasteiger partial charge in [-0.3, -0.25) is 4.79 Å². The van der Waals surface area contributed by atoms with E-state index >= 15 is 0 Å². The Kier molecular flexibility index (Phi) is 6.26. The molecule has 0 atom stereocenters. The van der Waals surface area contributed by atoms with Crippen LogP contribution in [0.25, 0.3) is 11.0 Å². The number of carbonyl (C=O) groups is 1. The number of hydrogen-bond donors (Lipinski definition) is 0. The van der Waals surface area contributed by atoms with Gasteiger partial charge in [-0.2, -0.15) is 4.31 Å². The summed E-state index contributed by atoms with van der Waals surface area (Å²) in [6.07, 6.45) is 0.872. The van der Waals surface area contributed by atoms with Gasteiger partial charge < -0.3 is 4.74 Å². The number of fused-ring (bicyclic) bond motifs is 1. The first-order chi connectivity index (χ1) is 15.3. The van der Waals surface area contributed by atoms with Crippen LogP contribution < -0.4 is 0 Å². The van der Waals surface area contributed by atoms with Gasteiger partial charge in [-0.05, 0) is 69.0 Å². The first kappa shape index (κ1) is 22.4. The van der Waals surface area contributed by atoms with Crippen LogP contribution in [0.5, 0.6) is 0 Å². The van der Waals surface area contributed by atoms with E-state index in [0.29, 0.717) is 36.5 Å². The van der Waals surface area contributed by atoms with Crippen molar-refractivity contribution < 1.29 is 17.9 Å². The molecule has 1 aliphatic heterocycles. The average Bonchev–Trinajstić information content (AvgIpc) is 2.79. The number of sulfonamides is 1. The van der Waals surface area contributed by atoms with E-state index in [4.69, 9.17) is 4.74 Å². The summed E-state index contributed by atoms with van der Waals surface area (Å²) in [6, 6.07) is 12.7. The maximum absolute atomic E-state index is 13.0. The fourth-order valence-electron chi connectivity index (χ4n) is 3.87. The average molecular weight is 454 g/mol. The maximum atomic E-state index is 13.0. The molecular weight excluding hydrogens is 426 g/mol. The van der Waals surface area contributed by atoms with E-state index in [1.165, 1.54) is 4.31 Å². The van der Waals surface area contributed by atoms with Gasteiger partial charge in [-0.15, -0.1) is 0 Å². The normalized spacial score (nSPS) is 15.7. The van der Waals surface area contributed by atoms with E-state index in [-0.39, 0.29) is 18.5 Å². The van der Waals surface area contributed by atoms with Gasteiger partial charge in [0.15, 0.2) is 0 Å². The maximum Gasteiger partial charge on any atom is 0.309 e. The lowest BCUT2D eigenvalue weighted by atomic mass is 9.98. The predicted molar refractivity (Wildman–Crippen MR) is 121 cm³/mol. The Labute approximate surface area is 188 Å². The number of aromatic nitrogens is 2. The van der Waals surface area contributed by atoms with Crippen molar-refractivity contribution in [3.63, 3.8) is 0 Å². The third-order valence-corrected chi connectivity index (χ3v) is 7.99. The molecule has 0 unspecified atom stereocenters. The molecule has 1 aromatic heterocycles. The molecule has 0 N–H and O–H groups in total. The Morgan fingerprint density at radius 2 is 1.66 bits per heavy atom. The van der Waals surface area contributed by atoms with Crippen LogP contribution in [0, 0.1) is 26.7 Å². The van der Waals surface area contributed by atoms with Gasteiger partial charge in [-0.25, -0.2) is 18.4 Å². The van der Waals surface area contributed by atoms with Crippen molar-refractivity contribution in [2.75, 3.05) is 13.1 Å². The van der Waals surface area contributed by atoms with E-state index in [2.05, 4.69) is 9.97 Å². The Hall–Kier alpha value is -2.84. The second-order valence-electron chi connectivity index (χ2n) is 8.28. The van der Waals surface area contributed by atoms with Crippen LogP contribution in [-0.2, 0) is 26.2 Å². The third-order valence-electron chi connectivity index (χ3n) is 6.10. The molecule has 2 aromatic carbocycles. The topological polar surface area (TPSA) is 89.5 Å². The standard InChI is InChI=1S/C24H27N3O4S/c1-16-8-9-20(14-17(16)2)32(29,30)27-12-10-19(11-13-27)24(28)31-15-23-18(3)25-21-6-4-5-7-22(21)26-23/h4-9,14,19H,10-13,15H2,1-3H3. The molecule has 0 amide bonds. The zero-order valence-electron chi connectivity index (χ0n) is 18.5. The largest absolute Gasteiger partial charge is 0.459 e. The highest BCUT2D eigenvalue weighted by Gasteiger charge is 2.33. The number of para-hydroxylation sites is 2. The molecule has 0 aliphatic carbocycles. The fraction of sp³-hybridized carbons (Fsp3) is 0.375. The number of esters is 1. The van der Waals surface area contributed by atoms with Crippen molar-refractivity contribution in [2.45, 2.75) is 45.1 Å². The van der Waals surface area contributed by atoms with Crippen molar-refractivity contribution in [1.82, 2.24) is 14.3 Å². The smallest absolute Gasteiger partial charge is 0.309 e. The van der Waals surface area contributed by atoms with E-state index in [9.17, 15) is 13.2 Å². The number of ether oxygens (including phenoxy) is 1. The van der Waals surface area contributed by atoms with Crippen LogP contribution in [0.3, 0.4) is 0 Å². The van der Waals surface area contributed by atoms with Crippen LogP contribution in [0.1, 0.15) is 35.4 Å². The highest BCUT2D eigenvalue weighted by atomic mass is 32.2.